The number of benzene rings is 2. The van der Waals surface area contributed by atoms with E-state index in [9.17, 15) is 0 Å². The Kier molecular flexibility index (Phi) is 6.81. The predicted octanol–water partition coefficient (Wildman–Crippen LogP) is 7.32. The monoisotopic (exact) mass is 435 g/mol. The number of hydroxylamine groups is 2. The number of hydrogen-bond donors (Lipinski definition) is 0. The standard InChI is InChI=1S/C29H41NO2/c1-28(2)19-26(20-29(3,4)30(28)32-6)25-13-11-22(12-14-25)21-7-9-23(10-8-21)24-15-17-27(31-5)18-16-24/h7-14,24,26-27H,15-20H2,1-6H3. The Morgan fingerprint density at radius 3 is 1.50 bits per heavy atom. The van der Waals surface area contributed by atoms with Crippen molar-refractivity contribution in [1.82, 2.24) is 5.06 Å². The molecule has 0 aromatic heterocycles. The van der Waals surface area contributed by atoms with Crippen LogP contribution in [0.25, 0.3) is 11.1 Å². The fraction of sp³-hybridized carbons (Fsp3) is 0.586. The van der Waals surface area contributed by atoms with Gasteiger partial charge in [-0.3, -0.25) is 0 Å². The molecule has 1 saturated heterocycles. The largest absolute Gasteiger partial charge is 0.381 e. The summed E-state index contributed by atoms with van der Waals surface area (Å²) in [5, 5.41) is 2.19. The number of rotatable bonds is 5. The van der Waals surface area contributed by atoms with Crippen LogP contribution in [-0.2, 0) is 9.57 Å². The highest BCUT2D eigenvalue weighted by Gasteiger charge is 2.46. The summed E-state index contributed by atoms with van der Waals surface area (Å²) in [5.41, 5.74) is 5.55. The van der Waals surface area contributed by atoms with Crippen molar-refractivity contribution < 1.29 is 9.57 Å². The average molecular weight is 436 g/mol. The fourth-order valence-corrected chi connectivity index (χ4v) is 6.52. The van der Waals surface area contributed by atoms with Crippen LogP contribution < -0.4 is 0 Å². The molecular weight excluding hydrogens is 394 g/mol. The summed E-state index contributed by atoms with van der Waals surface area (Å²) in [4.78, 5) is 5.77. The maximum Gasteiger partial charge on any atom is 0.0575 e. The van der Waals surface area contributed by atoms with Crippen molar-refractivity contribution in [2.45, 2.75) is 95.2 Å². The van der Waals surface area contributed by atoms with Gasteiger partial charge in [0.15, 0.2) is 0 Å². The van der Waals surface area contributed by atoms with Crippen LogP contribution in [0.5, 0.6) is 0 Å². The van der Waals surface area contributed by atoms with Gasteiger partial charge in [-0.15, -0.1) is 0 Å². The maximum absolute atomic E-state index is 5.77. The molecule has 0 amide bonds. The molecule has 3 nitrogen and oxygen atoms in total. The van der Waals surface area contributed by atoms with E-state index in [1.54, 1.807) is 7.11 Å². The summed E-state index contributed by atoms with van der Waals surface area (Å²) < 4.78 is 5.53. The quantitative estimate of drug-likeness (QED) is 0.491. The Balaban J connectivity index is 1.45. The zero-order valence-corrected chi connectivity index (χ0v) is 20.9. The zero-order chi connectivity index (χ0) is 22.9. The second kappa shape index (κ2) is 9.29. The predicted molar refractivity (Wildman–Crippen MR) is 133 cm³/mol. The smallest absolute Gasteiger partial charge is 0.0575 e. The molecule has 2 fully saturated rings. The van der Waals surface area contributed by atoms with E-state index in [2.05, 4.69) is 81.3 Å². The third-order valence-corrected chi connectivity index (χ3v) is 7.88. The van der Waals surface area contributed by atoms with E-state index >= 15 is 0 Å². The van der Waals surface area contributed by atoms with E-state index in [0.717, 1.165) is 12.8 Å². The normalized spacial score (nSPS) is 26.2. The molecule has 2 aromatic carbocycles. The summed E-state index contributed by atoms with van der Waals surface area (Å²) in [6, 6.07) is 18.6. The zero-order valence-electron chi connectivity index (χ0n) is 20.9. The van der Waals surface area contributed by atoms with Gasteiger partial charge in [0.2, 0.25) is 0 Å². The second-order valence-corrected chi connectivity index (χ2v) is 11.2. The third-order valence-electron chi connectivity index (χ3n) is 7.88. The van der Waals surface area contributed by atoms with Gasteiger partial charge in [0.05, 0.1) is 13.2 Å². The van der Waals surface area contributed by atoms with Crippen molar-refractivity contribution in [3.63, 3.8) is 0 Å². The lowest BCUT2D eigenvalue weighted by molar-refractivity contribution is -0.266. The number of ether oxygens (including phenoxy) is 1. The van der Waals surface area contributed by atoms with Gasteiger partial charge in [-0.05, 0) is 100 Å². The minimum atomic E-state index is 0.0120. The first-order valence-corrected chi connectivity index (χ1v) is 12.3. The second-order valence-electron chi connectivity index (χ2n) is 11.2. The molecule has 1 saturated carbocycles. The van der Waals surface area contributed by atoms with Gasteiger partial charge >= 0.3 is 0 Å². The molecule has 2 aliphatic rings. The molecule has 1 aliphatic carbocycles. The fourth-order valence-electron chi connectivity index (χ4n) is 6.52. The Labute approximate surface area is 195 Å². The number of piperidine rings is 1. The molecule has 4 rings (SSSR count). The molecule has 32 heavy (non-hydrogen) atoms. The molecular formula is C29H41NO2. The summed E-state index contributed by atoms with van der Waals surface area (Å²) in [6.07, 6.45) is 7.50. The van der Waals surface area contributed by atoms with Gasteiger partial charge in [-0.25, -0.2) is 0 Å². The highest BCUT2D eigenvalue weighted by Crippen LogP contribution is 2.45. The van der Waals surface area contributed by atoms with Crippen LogP contribution in [0.15, 0.2) is 48.5 Å². The van der Waals surface area contributed by atoms with Crippen molar-refractivity contribution >= 4 is 0 Å². The molecule has 2 aromatic rings. The molecule has 0 N–H and O–H groups in total. The van der Waals surface area contributed by atoms with Crippen LogP contribution in [0.2, 0.25) is 0 Å². The first-order chi connectivity index (χ1) is 15.2. The van der Waals surface area contributed by atoms with Crippen molar-refractivity contribution in [2.75, 3.05) is 14.2 Å². The van der Waals surface area contributed by atoms with Crippen molar-refractivity contribution in [1.29, 1.82) is 0 Å². The lowest BCUT2D eigenvalue weighted by Crippen LogP contribution is -2.59. The first-order valence-electron chi connectivity index (χ1n) is 12.3. The van der Waals surface area contributed by atoms with E-state index < -0.39 is 0 Å². The summed E-state index contributed by atoms with van der Waals surface area (Å²) >= 11 is 0. The molecule has 0 unspecified atom stereocenters. The molecule has 3 heteroatoms. The van der Waals surface area contributed by atoms with Crippen LogP contribution in [0.1, 0.15) is 89.2 Å². The Bertz CT molecular complexity index is 858. The molecule has 0 bridgehead atoms. The van der Waals surface area contributed by atoms with Crippen molar-refractivity contribution in [3.05, 3.63) is 59.7 Å². The molecule has 1 aliphatic heterocycles. The van der Waals surface area contributed by atoms with E-state index in [0.29, 0.717) is 17.9 Å². The minimum Gasteiger partial charge on any atom is -0.381 e. The summed E-state index contributed by atoms with van der Waals surface area (Å²) in [6.45, 7) is 9.17. The molecule has 174 valence electrons. The number of nitrogens with zero attached hydrogens (tertiary/aromatic N) is 1. The van der Waals surface area contributed by atoms with Crippen molar-refractivity contribution in [2.24, 2.45) is 0 Å². The molecule has 0 atom stereocenters. The third kappa shape index (κ3) is 4.81. The molecule has 1 heterocycles. The van der Waals surface area contributed by atoms with Gasteiger partial charge < -0.3 is 9.57 Å². The lowest BCUT2D eigenvalue weighted by atomic mass is 9.72. The van der Waals surface area contributed by atoms with Crippen LogP contribution in [-0.4, -0.2) is 36.5 Å². The van der Waals surface area contributed by atoms with Gasteiger partial charge in [0, 0.05) is 18.2 Å². The SMILES string of the molecule is COC1CCC(c2ccc(-c3ccc(C4CC(C)(C)N(OC)C(C)(C)C4)cc3)cc2)CC1. The average Bonchev–Trinajstić information content (AvgIpc) is 2.78. The van der Waals surface area contributed by atoms with Gasteiger partial charge in [0.1, 0.15) is 0 Å². The van der Waals surface area contributed by atoms with Gasteiger partial charge in [-0.1, -0.05) is 48.5 Å². The van der Waals surface area contributed by atoms with Crippen LogP contribution in [0, 0.1) is 0 Å². The minimum absolute atomic E-state index is 0.0120. The van der Waals surface area contributed by atoms with Crippen molar-refractivity contribution in [3.8, 4) is 11.1 Å². The van der Waals surface area contributed by atoms with E-state index in [1.807, 2.05) is 7.11 Å². The lowest BCUT2D eigenvalue weighted by Gasteiger charge is -2.53. The summed E-state index contributed by atoms with van der Waals surface area (Å²) in [7, 11) is 3.64. The number of hydrogen-bond acceptors (Lipinski definition) is 3. The highest BCUT2D eigenvalue weighted by molar-refractivity contribution is 5.64. The van der Waals surface area contributed by atoms with Crippen LogP contribution in [0.4, 0.5) is 0 Å². The Morgan fingerprint density at radius 1 is 0.656 bits per heavy atom. The van der Waals surface area contributed by atoms with E-state index in [-0.39, 0.29) is 11.1 Å². The van der Waals surface area contributed by atoms with Gasteiger partial charge in [0.25, 0.3) is 0 Å². The van der Waals surface area contributed by atoms with Crippen LogP contribution in [0.3, 0.4) is 0 Å². The molecule has 0 radical (unpaired) electrons. The topological polar surface area (TPSA) is 21.7 Å². The summed E-state index contributed by atoms with van der Waals surface area (Å²) in [5.74, 6) is 1.23. The van der Waals surface area contributed by atoms with Crippen LogP contribution >= 0.6 is 0 Å². The van der Waals surface area contributed by atoms with E-state index in [4.69, 9.17) is 9.57 Å². The Morgan fingerprint density at radius 2 is 1.09 bits per heavy atom. The maximum atomic E-state index is 5.77. The number of methoxy groups -OCH3 is 1. The van der Waals surface area contributed by atoms with E-state index in [1.165, 1.54) is 47.9 Å². The van der Waals surface area contributed by atoms with Gasteiger partial charge in [-0.2, -0.15) is 5.06 Å². The Hall–Kier alpha value is -1.68. The molecule has 0 spiro atoms. The first kappa shape index (κ1) is 23.5. The highest BCUT2D eigenvalue weighted by atomic mass is 16.7.